The molecule has 20 heavy (non-hydrogen) atoms. The Bertz CT molecular complexity index is 522. The molecule has 0 saturated carbocycles. The molecule has 1 heterocycles. The third-order valence-corrected chi connectivity index (χ3v) is 2.91. The average molecular weight is 275 g/mol. The maximum absolute atomic E-state index is 5.66. The van der Waals surface area contributed by atoms with Crippen molar-refractivity contribution in [2.24, 2.45) is 0 Å². The normalized spacial score (nSPS) is 10.7. The number of ether oxygens (including phenoxy) is 2. The number of nitrogens with one attached hydrogen (secondary N) is 1. The lowest BCUT2D eigenvalue weighted by Gasteiger charge is -2.05. The zero-order chi connectivity index (χ0) is 14.2. The summed E-state index contributed by atoms with van der Waals surface area (Å²) in [4.78, 5) is 0. The van der Waals surface area contributed by atoms with Crippen LogP contribution in [-0.2, 0) is 24.5 Å². The van der Waals surface area contributed by atoms with Crippen molar-refractivity contribution in [2.75, 3.05) is 13.7 Å². The number of rotatable bonds is 8. The van der Waals surface area contributed by atoms with Crippen LogP contribution in [0, 0.1) is 0 Å². The van der Waals surface area contributed by atoms with Crippen molar-refractivity contribution in [1.82, 2.24) is 5.32 Å². The highest BCUT2D eigenvalue weighted by Gasteiger charge is 2.02. The number of furan rings is 1. The Morgan fingerprint density at radius 2 is 1.95 bits per heavy atom. The summed E-state index contributed by atoms with van der Waals surface area (Å²) in [7, 11) is 1.66. The van der Waals surface area contributed by atoms with Gasteiger partial charge in [-0.05, 0) is 36.4 Å². The molecule has 2 aromatic rings. The summed E-state index contributed by atoms with van der Waals surface area (Å²) in [6, 6.07) is 11.8. The summed E-state index contributed by atoms with van der Waals surface area (Å²) in [5.41, 5.74) is 1.09. The predicted molar refractivity (Wildman–Crippen MR) is 77.6 cm³/mol. The second-order valence-corrected chi connectivity index (χ2v) is 4.49. The average Bonchev–Trinajstić information content (AvgIpc) is 2.93. The zero-order valence-electron chi connectivity index (χ0n) is 12.0. The molecule has 0 atom stereocenters. The molecule has 0 aliphatic heterocycles. The van der Waals surface area contributed by atoms with Crippen LogP contribution in [-0.4, -0.2) is 13.7 Å². The van der Waals surface area contributed by atoms with Crippen molar-refractivity contribution in [3.63, 3.8) is 0 Å². The summed E-state index contributed by atoms with van der Waals surface area (Å²) >= 11 is 0. The molecule has 4 nitrogen and oxygen atoms in total. The van der Waals surface area contributed by atoms with E-state index in [1.54, 1.807) is 7.11 Å². The minimum absolute atomic E-state index is 0.476. The maximum Gasteiger partial charge on any atom is 0.129 e. The van der Waals surface area contributed by atoms with Crippen LogP contribution in [0.4, 0.5) is 0 Å². The summed E-state index contributed by atoms with van der Waals surface area (Å²) in [5, 5.41) is 3.22. The van der Waals surface area contributed by atoms with Crippen molar-refractivity contribution in [3.8, 4) is 5.75 Å². The summed E-state index contributed by atoms with van der Waals surface area (Å²) in [6.45, 7) is 4.78. The second kappa shape index (κ2) is 7.72. The SMILES string of the molecule is CCNCc1ccc(COCc2cccc(OC)c2)o1. The van der Waals surface area contributed by atoms with Crippen LogP contribution in [0.25, 0.3) is 0 Å². The van der Waals surface area contributed by atoms with Crippen LogP contribution in [0.5, 0.6) is 5.75 Å². The van der Waals surface area contributed by atoms with E-state index in [1.807, 2.05) is 36.4 Å². The Labute approximate surface area is 119 Å². The van der Waals surface area contributed by atoms with Crippen molar-refractivity contribution >= 4 is 0 Å². The molecule has 0 saturated heterocycles. The highest BCUT2D eigenvalue weighted by Crippen LogP contribution is 2.14. The van der Waals surface area contributed by atoms with Gasteiger partial charge in [-0.3, -0.25) is 0 Å². The van der Waals surface area contributed by atoms with Crippen molar-refractivity contribution < 1.29 is 13.9 Å². The van der Waals surface area contributed by atoms with Crippen molar-refractivity contribution in [1.29, 1.82) is 0 Å². The van der Waals surface area contributed by atoms with Crippen LogP contribution in [0.15, 0.2) is 40.8 Å². The van der Waals surface area contributed by atoms with E-state index >= 15 is 0 Å². The van der Waals surface area contributed by atoms with Crippen molar-refractivity contribution in [3.05, 3.63) is 53.5 Å². The Morgan fingerprint density at radius 3 is 2.75 bits per heavy atom. The third kappa shape index (κ3) is 4.40. The molecular weight excluding hydrogens is 254 g/mol. The molecule has 4 heteroatoms. The third-order valence-electron chi connectivity index (χ3n) is 2.91. The second-order valence-electron chi connectivity index (χ2n) is 4.49. The highest BCUT2D eigenvalue weighted by molar-refractivity contribution is 5.27. The minimum atomic E-state index is 0.476. The van der Waals surface area contributed by atoms with E-state index in [0.29, 0.717) is 13.2 Å². The van der Waals surface area contributed by atoms with Gasteiger partial charge in [0.25, 0.3) is 0 Å². The van der Waals surface area contributed by atoms with Gasteiger partial charge in [0.05, 0.1) is 20.3 Å². The lowest BCUT2D eigenvalue weighted by molar-refractivity contribution is 0.0919. The van der Waals surface area contributed by atoms with E-state index in [2.05, 4.69) is 12.2 Å². The van der Waals surface area contributed by atoms with E-state index in [9.17, 15) is 0 Å². The molecule has 108 valence electrons. The quantitative estimate of drug-likeness (QED) is 0.804. The Kier molecular flexibility index (Phi) is 5.65. The lowest BCUT2D eigenvalue weighted by atomic mass is 10.2. The van der Waals surface area contributed by atoms with Gasteiger partial charge < -0.3 is 19.2 Å². The Hall–Kier alpha value is -1.78. The first-order valence-electron chi connectivity index (χ1n) is 6.80. The molecule has 0 aliphatic rings. The number of methoxy groups -OCH3 is 1. The van der Waals surface area contributed by atoms with Crippen LogP contribution in [0.1, 0.15) is 24.0 Å². The largest absolute Gasteiger partial charge is 0.497 e. The molecule has 0 radical (unpaired) electrons. The van der Waals surface area contributed by atoms with Gasteiger partial charge in [0, 0.05) is 0 Å². The Morgan fingerprint density at radius 1 is 1.10 bits per heavy atom. The zero-order valence-corrected chi connectivity index (χ0v) is 12.0. The maximum atomic E-state index is 5.66. The van der Waals surface area contributed by atoms with E-state index in [0.717, 1.165) is 35.9 Å². The fourth-order valence-corrected chi connectivity index (χ4v) is 1.87. The topological polar surface area (TPSA) is 43.6 Å². The van der Waals surface area contributed by atoms with Crippen molar-refractivity contribution in [2.45, 2.75) is 26.7 Å². The summed E-state index contributed by atoms with van der Waals surface area (Å²) < 4.78 is 16.5. The first-order chi connectivity index (χ1) is 9.81. The molecule has 1 aromatic heterocycles. The van der Waals surface area contributed by atoms with Gasteiger partial charge in [-0.1, -0.05) is 19.1 Å². The minimum Gasteiger partial charge on any atom is -0.497 e. The molecule has 0 bridgehead atoms. The molecule has 0 unspecified atom stereocenters. The lowest BCUT2D eigenvalue weighted by Crippen LogP contribution is -2.10. The van der Waals surface area contributed by atoms with Crippen LogP contribution < -0.4 is 10.1 Å². The molecule has 1 N–H and O–H groups in total. The summed E-state index contributed by atoms with van der Waals surface area (Å²) in [6.07, 6.45) is 0. The smallest absolute Gasteiger partial charge is 0.129 e. The molecular formula is C16H21NO3. The number of hydrogen-bond donors (Lipinski definition) is 1. The van der Waals surface area contributed by atoms with Crippen LogP contribution in [0.2, 0.25) is 0 Å². The van der Waals surface area contributed by atoms with Crippen LogP contribution >= 0.6 is 0 Å². The van der Waals surface area contributed by atoms with E-state index < -0.39 is 0 Å². The first kappa shape index (κ1) is 14.6. The van der Waals surface area contributed by atoms with Gasteiger partial charge in [-0.15, -0.1) is 0 Å². The van der Waals surface area contributed by atoms with Gasteiger partial charge >= 0.3 is 0 Å². The van der Waals surface area contributed by atoms with Gasteiger partial charge in [0.1, 0.15) is 23.9 Å². The molecule has 1 aromatic carbocycles. The highest BCUT2D eigenvalue weighted by atomic mass is 16.5. The first-order valence-corrected chi connectivity index (χ1v) is 6.80. The van der Waals surface area contributed by atoms with E-state index in [-0.39, 0.29) is 0 Å². The number of hydrogen-bond acceptors (Lipinski definition) is 4. The fraction of sp³-hybridized carbons (Fsp3) is 0.375. The van der Waals surface area contributed by atoms with E-state index in [1.165, 1.54) is 0 Å². The van der Waals surface area contributed by atoms with Gasteiger partial charge in [0.2, 0.25) is 0 Å². The van der Waals surface area contributed by atoms with Crippen LogP contribution in [0.3, 0.4) is 0 Å². The predicted octanol–water partition coefficient (Wildman–Crippen LogP) is 3.11. The van der Waals surface area contributed by atoms with Gasteiger partial charge in [-0.2, -0.15) is 0 Å². The molecule has 0 aliphatic carbocycles. The monoisotopic (exact) mass is 275 g/mol. The number of benzene rings is 1. The fourth-order valence-electron chi connectivity index (χ4n) is 1.87. The van der Waals surface area contributed by atoms with Gasteiger partial charge in [-0.25, -0.2) is 0 Å². The van der Waals surface area contributed by atoms with E-state index in [4.69, 9.17) is 13.9 Å². The summed E-state index contributed by atoms with van der Waals surface area (Å²) in [5.74, 6) is 2.63. The standard InChI is InChI=1S/C16H21NO3/c1-3-17-10-15-7-8-16(20-15)12-19-11-13-5-4-6-14(9-13)18-2/h4-9,17H,3,10-12H2,1-2H3. The molecule has 0 amide bonds. The van der Waals surface area contributed by atoms with Gasteiger partial charge in [0.15, 0.2) is 0 Å². The molecule has 2 rings (SSSR count). The Balaban J connectivity index is 1.78. The molecule has 0 fully saturated rings. The molecule has 0 spiro atoms.